The van der Waals surface area contributed by atoms with Crippen LogP contribution in [0.1, 0.15) is 18.4 Å². The number of nitrogens with zero attached hydrogens (tertiary/aromatic N) is 3. The van der Waals surface area contributed by atoms with E-state index in [1.54, 1.807) is 10.5 Å². The number of fused-ring (bicyclic) bond motifs is 1. The lowest BCUT2D eigenvalue weighted by atomic mass is 10.1. The Hall–Kier alpha value is -2.08. The van der Waals surface area contributed by atoms with Crippen LogP contribution in [0.5, 0.6) is 0 Å². The second-order valence-electron chi connectivity index (χ2n) is 6.39. The lowest BCUT2D eigenvalue weighted by molar-refractivity contribution is 0.527. The fourth-order valence-corrected chi connectivity index (χ4v) is 5.67. The van der Waals surface area contributed by atoms with Gasteiger partial charge in [0.15, 0.2) is 0 Å². The highest BCUT2D eigenvalue weighted by atomic mass is 32.2. The quantitative estimate of drug-likeness (QED) is 0.859. The number of benzene rings is 1. The smallest absolute Gasteiger partial charge is 0.239 e. The molecule has 1 saturated heterocycles. The van der Waals surface area contributed by atoms with Crippen molar-refractivity contribution in [3.63, 3.8) is 0 Å². The topological polar surface area (TPSA) is 53.5 Å². The molecule has 24 heavy (non-hydrogen) atoms. The number of rotatable bonds is 3. The summed E-state index contributed by atoms with van der Waals surface area (Å²) in [6.07, 6.45) is 4.14. The third-order valence-corrected chi connectivity index (χ3v) is 7.15. The predicted molar refractivity (Wildman–Crippen MR) is 95.9 cm³/mol. The standard InChI is InChI=1S/C18H21N3O2S/c22-24(23,21-13-10-15-6-1-2-8-17(15)21)16-7-5-12-20(14-16)18-9-3-4-11-19-18/h1-4,6,8-9,11,16H,5,7,10,12-14H2. The molecule has 2 aliphatic rings. The molecule has 0 amide bonds. The number of hydrogen-bond acceptors (Lipinski definition) is 4. The highest BCUT2D eigenvalue weighted by molar-refractivity contribution is 7.93. The van der Waals surface area contributed by atoms with Crippen molar-refractivity contribution in [2.75, 3.05) is 28.8 Å². The molecule has 5 nitrogen and oxygen atoms in total. The number of aromatic nitrogens is 1. The van der Waals surface area contributed by atoms with Gasteiger partial charge in [0.05, 0.1) is 10.9 Å². The van der Waals surface area contributed by atoms with Crippen LogP contribution in [-0.4, -0.2) is 38.3 Å². The lowest BCUT2D eigenvalue weighted by Crippen LogP contribution is -2.48. The van der Waals surface area contributed by atoms with Crippen LogP contribution in [0.15, 0.2) is 48.7 Å². The second-order valence-corrected chi connectivity index (χ2v) is 8.53. The van der Waals surface area contributed by atoms with Crippen LogP contribution in [0.4, 0.5) is 11.5 Å². The Labute approximate surface area is 143 Å². The Morgan fingerprint density at radius 2 is 1.88 bits per heavy atom. The maximum Gasteiger partial charge on any atom is 0.239 e. The summed E-state index contributed by atoms with van der Waals surface area (Å²) in [6, 6.07) is 13.6. The van der Waals surface area contributed by atoms with Gasteiger partial charge < -0.3 is 4.90 Å². The lowest BCUT2D eigenvalue weighted by Gasteiger charge is -2.35. The van der Waals surface area contributed by atoms with Crippen molar-refractivity contribution in [3.05, 3.63) is 54.2 Å². The first-order chi connectivity index (χ1) is 11.7. The van der Waals surface area contributed by atoms with Crippen molar-refractivity contribution >= 4 is 21.5 Å². The van der Waals surface area contributed by atoms with Crippen LogP contribution >= 0.6 is 0 Å². The largest absolute Gasteiger partial charge is 0.355 e. The monoisotopic (exact) mass is 343 g/mol. The van der Waals surface area contributed by atoms with Gasteiger partial charge in [-0.2, -0.15) is 0 Å². The molecule has 1 unspecified atom stereocenters. The number of anilines is 2. The Morgan fingerprint density at radius 3 is 2.71 bits per heavy atom. The molecule has 0 saturated carbocycles. The second kappa shape index (κ2) is 6.09. The molecule has 0 radical (unpaired) electrons. The maximum atomic E-state index is 13.2. The van der Waals surface area contributed by atoms with E-state index in [0.717, 1.165) is 36.5 Å². The highest BCUT2D eigenvalue weighted by Gasteiger charge is 2.38. The number of sulfonamides is 1. The summed E-state index contributed by atoms with van der Waals surface area (Å²) < 4.78 is 28.0. The van der Waals surface area contributed by atoms with Gasteiger partial charge in [-0.1, -0.05) is 24.3 Å². The molecule has 4 rings (SSSR count). The fraction of sp³-hybridized carbons (Fsp3) is 0.389. The zero-order chi connectivity index (χ0) is 16.6. The summed E-state index contributed by atoms with van der Waals surface area (Å²) in [6.45, 7) is 1.93. The van der Waals surface area contributed by atoms with Crippen molar-refractivity contribution in [2.24, 2.45) is 0 Å². The van der Waals surface area contributed by atoms with E-state index < -0.39 is 10.0 Å². The SMILES string of the molecule is O=S(=O)(C1CCCN(c2ccccn2)C1)N1CCc2ccccc21. The molecular weight excluding hydrogens is 322 g/mol. The minimum Gasteiger partial charge on any atom is -0.355 e. The Morgan fingerprint density at radius 1 is 1.04 bits per heavy atom. The first kappa shape index (κ1) is 15.4. The van der Waals surface area contributed by atoms with Crippen molar-refractivity contribution in [1.29, 1.82) is 0 Å². The van der Waals surface area contributed by atoms with Crippen LogP contribution < -0.4 is 9.21 Å². The van der Waals surface area contributed by atoms with E-state index in [-0.39, 0.29) is 5.25 Å². The summed E-state index contributed by atoms with van der Waals surface area (Å²) >= 11 is 0. The van der Waals surface area contributed by atoms with Crippen LogP contribution in [-0.2, 0) is 16.4 Å². The minimum atomic E-state index is -3.35. The molecule has 126 valence electrons. The Balaban J connectivity index is 1.59. The first-order valence-corrected chi connectivity index (χ1v) is 9.92. The molecule has 0 aliphatic carbocycles. The zero-order valence-electron chi connectivity index (χ0n) is 13.5. The number of para-hydroxylation sites is 1. The molecule has 0 spiro atoms. The van der Waals surface area contributed by atoms with E-state index in [1.807, 2.05) is 42.5 Å². The van der Waals surface area contributed by atoms with E-state index in [4.69, 9.17) is 0 Å². The molecule has 0 N–H and O–H groups in total. The summed E-state index contributed by atoms with van der Waals surface area (Å²) in [4.78, 5) is 6.46. The van der Waals surface area contributed by atoms with Crippen molar-refractivity contribution in [3.8, 4) is 0 Å². The van der Waals surface area contributed by atoms with Crippen molar-refractivity contribution in [2.45, 2.75) is 24.5 Å². The molecule has 1 atom stereocenters. The number of piperidine rings is 1. The molecular formula is C18H21N3O2S. The third kappa shape index (κ3) is 2.65. The van der Waals surface area contributed by atoms with E-state index in [1.165, 1.54) is 0 Å². The Kier molecular flexibility index (Phi) is 3.92. The first-order valence-electron chi connectivity index (χ1n) is 8.42. The van der Waals surface area contributed by atoms with E-state index in [2.05, 4.69) is 9.88 Å². The van der Waals surface area contributed by atoms with E-state index >= 15 is 0 Å². The molecule has 0 bridgehead atoms. The van der Waals surface area contributed by atoms with Gasteiger partial charge in [0.1, 0.15) is 5.82 Å². The number of hydrogen-bond donors (Lipinski definition) is 0. The molecule has 2 aromatic rings. The normalized spacial score (nSPS) is 20.9. The van der Waals surface area contributed by atoms with Gasteiger partial charge in [-0.3, -0.25) is 4.31 Å². The maximum absolute atomic E-state index is 13.2. The zero-order valence-corrected chi connectivity index (χ0v) is 14.3. The van der Waals surface area contributed by atoms with Gasteiger partial charge in [0, 0.05) is 25.8 Å². The molecule has 3 heterocycles. The van der Waals surface area contributed by atoms with Crippen LogP contribution in [0.2, 0.25) is 0 Å². The summed E-state index contributed by atoms with van der Waals surface area (Å²) in [5.41, 5.74) is 1.98. The predicted octanol–water partition coefficient (Wildman–Crippen LogP) is 2.44. The van der Waals surface area contributed by atoms with Crippen LogP contribution in [0, 0.1) is 0 Å². The average Bonchev–Trinajstić information content (AvgIpc) is 3.07. The van der Waals surface area contributed by atoms with Gasteiger partial charge >= 0.3 is 0 Å². The third-order valence-electron chi connectivity index (χ3n) is 4.92. The summed E-state index contributed by atoms with van der Waals surface area (Å²) in [7, 11) is -3.35. The summed E-state index contributed by atoms with van der Waals surface area (Å²) in [5.74, 6) is 0.860. The molecule has 1 aromatic heterocycles. The summed E-state index contributed by atoms with van der Waals surface area (Å²) in [5, 5.41) is -0.376. The van der Waals surface area contributed by atoms with Gasteiger partial charge in [-0.15, -0.1) is 0 Å². The average molecular weight is 343 g/mol. The molecule has 1 aromatic carbocycles. The molecule has 2 aliphatic heterocycles. The van der Waals surface area contributed by atoms with Crippen molar-refractivity contribution < 1.29 is 8.42 Å². The van der Waals surface area contributed by atoms with Gasteiger partial charge in [0.25, 0.3) is 0 Å². The van der Waals surface area contributed by atoms with Gasteiger partial charge in [-0.25, -0.2) is 13.4 Å². The van der Waals surface area contributed by atoms with Crippen LogP contribution in [0.3, 0.4) is 0 Å². The van der Waals surface area contributed by atoms with Crippen LogP contribution in [0.25, 0.3) is 0 Å². The van der Waals surface area contributed by atoms with E-state index in [0.29, 0.717) is 19.5 Å². The van der Waals surface area contributed by atoms with Gasteiger partial charge in [-0.05, 0) is 43.0 Å². The fourth-order valence-electron chi connectivity index (χ4n) is 3.68. The van der Waals surface area contributed by atoms with Crippen molar-refractivity contribution in [1.82, 2.24) is 4.98 Å². The highest BCUT2D eigenvalue weighted by Crippen LogP contribution is 2.33. The Bertz CT molecular complexity index is 823. The van der Waals surface area contributed by atoms with Gasteiger partial charge in [0.2, 0.25) is 10.0 Å². The van der Waals surface area contributed by atoms with E-state index in [9.17, 15) is 8.42 Å². The molecule has 1 fully saturated rings. The number of pyridine rings is 1. The molecule has 6 heteroatoms. The minimum absolute atomic E-state index is 0.376.